The molecule has 0 saturated carbocycles. The molecule has 0 spiro atoms. The van der Waals surface area contributed by atoms with Crippen LogP contribution in [-0.2, 0) is 17.6 Å². The van der Waals surface area contributed by atoms with Gasteiger partial charge in [0.25, 0.3) is 5.91 Å². The summed E-state index contributed by atoms with van der Waals surface area (Å²) < 4.78 is 0. The third kappa shape index (κ3) is 2.19. The minimum absolute atomic E-state index is 0.0203. The predicted octanol–water partition coefficient (Wildman–Crippen LogP) is 2.05. The molecule has 3 rings (SSSR count). The Balaban J connectivity index is 2.02. The summed E-state index contributed by atoms with van der Waals surface area (Å²) >= 11 is 0. The summed E-state index contributed by atoms with van der Waals surface area (Å²) in [5.41, 5.74) is 4.10. The molecule has 1 N–H and O–H groups in total. The van der Waals surface area contributed by atoms with Crippen molar-refractivity contribution in [2.75, 3.05) is 11.4 Å². The molecule has 0 atom stereocenters. The first-order valence-corrected chi connectivity index (χ1v) is 7.33. The Morgan fingerprint density at radius 3 is 2.60 bits per heavy atom. The highest BCUT2D eigenvalue weighted by atomic mass is 16.2. The van der Waals surface area contributed by atoms with E-state index in [-0.39, 0.29) is 17.9 Å². The zero-order chi connectivity index (χ0) is 14.3. The molecule has 0 aliphatic carbocycles. The van der Waals surface area contributed by atoms with E-state index in [9.17, 15) is 9.59 Å². The van der Waals surface area contributed by atoms with E-state index in [2.05, 4.69) is 5.32 Å². The van der Waals surface area contributed by atoms with E-state index in [1.807, 2.05) is 30.9 Å². The van der Waals surface area contributed by atoms with Gasteiger partial charge in [-0.2, -0.15) is 0 Å². The largest absolute Gasteiger partial charge is 0.350 e. The Morgan fingerprint density at radius 2 is 1.90 bits per heavy atom. The first-order valence-electron chi connectivity index (χ1n) is 7.33. The maximum absolute atomic E-state index is 12.2. The molecular weight excluding hydrogens is 252 g/mol. The SMILES string of the molecule is CC(C)NC(=O)c1cc2c3c(c1)CCC(=O)N3CCC2. The number of nitrogens with zero attached hydrogens (tertiary/aromatic N) is 1. The number of benzene rings is 1. The topological polar surface area (TPSA) is 49.4 Å². The molecule has 0 unspecified atom stereocenters. The third-order valence-corrected chi connectivity index (χ3v) is 3.96. The van der Waals surface area contributed by atoms with Crippen molar-refractivity contribution >= 4 is 17.5 Å². The van der Waals surface area contributed by atoms with Crippen molar-refractivity contribution in [2.24, 2.45) is 0 Å². The van der Waals surface area contributed by atoms with Crippen LogP contribution in [0, 0.1) is 0 Å². The van der Waals surface area contributed by atoms with Crippen LogP contribution >= 0.6 is 0 Å². The summed E-state index contributed by atoms with van der Waals surface area (Å²) in [6.07, 6.45) is 3.24. The number of nitrogens with one attached hydrogen (secondary N) is 1. The van der Waals surface area contributed by atoms with Crippen molar-refractivity contribution in [1.29, 1.82) is 0 Å². The second-order valence-electron chi connectivity index (χ2n) is 5.92. The summed E-state index contributed by atoms with van der Waals surface area (Å²) in [7, 11) is 0. The lowest BCUT2D eigenvalue weighted by molar-refractivity contribution is -0.119. The van der Waals surface area contributed by atoms with Gasteiger partial charge in [0.15, 0.2) is 0 Å². The highest BCUT2D eigenvalue weighted by molar-refractivity contribution is 6.00. The van der Waals surface area contributed by atoms with E-state index < -0.39 is 0 Å². The van der Waals surface area contributed by atoms with Gasteiger partial charge in [0.1, 0.15) is 0 Å². The molecular formula is C16H20N2O2. The molecule has 4 heteroatoms. The van der Waals surface area contributed by atoms with Crippen LogP contribution in [0.1, 0.15) is 48.2 Å². The Morgan fingerprint density at radius 1 is 1.20 bits per heavy atom. The van der Waals surface area contributed by atoms with Gasteiger partial charge in [0, 0.05) is 24.6 Å². The predicted molar refractivity (Wildman–Crippen MR) is 78.0 cm³/mol. The lowest BCUT2D eigenvalue weighted by Gasteiger charge is -2.35. The van der Waals surface area contributed by atoms with Gasteiger partial charge in [0.2, 0.25) is 5.91 Å². The van der Waals surface area contributed by atoms with Crippen molar-refractivity contribution in [3.05, 3.63) is 28.8 Å². The highest BCUT2D eigenvalue weighted by Crippen LogP contribution is 2.36. The van der Waals surface area contributed by atoms with E-state index >= 15 is 0 Å². The minimum Gasteiger partial charge on any atom is -0.350 e. The lowest BCUT2D eigenvalue weighted by Crippen LogP contribution is -2.39. The molecule has 4 nitrogen and oxygen atoms in total. The smallest absolute Gasteiger partial charge is 0.251 e. The molecule has 1 aromatic carbocycles. The molecule has 0 radical (unpaired) electrons. The van der Waals surface area contributed by atoms with E-state index in [1.54, 1.807) is 0 Å². The molecule has 20 heavy (non-hydrogen) atoms. The van der Waals surface area contributed by atoms with Crippen molar-refractivity contribution in [2.45, 2.75) is 45.6 Å². The van der Waals surface area contributed by atoms with E-state index in [0.717, 1.165) is 48.2 Å². The van der Waals surface area contributed by atoms with Gasteiger partial charge < -0.3 is 10.2 Å². The summed E-state index contributed by atoms with van der Waals surface area (Å²) in [4.78, 5) is 26.1. The van der Waals surface area contributed by atoms with Gasteiger partial charge in [-0.25, -0.2) is 0 Å². The third-order valence-electron chi connectivity index (χ3n) is 3.96. The number of anilines is 1. The second-order valence-corrected chi connectivity index (χ2v) is 5.92. The Kier molecular flexibility index (Phi) is 3.24. The number of hydrogen-bond acceptors (Lipinski definition) is 2. The summed E-state index contributed by atoms with van der Waals surface area (Å²) in [5, 5.41) is 2.94. The van der Waals surface area contributed by atoms with E-state index in [4.69, 9.17) is 0 Å². The normalized spacial score (nSPS) is 17.1. The highest BCUT2D eigenvalue weighted by Gasteiger charge is 2.30. The number of carbonyl (C=O) groups is 2. The molecule has 0 saturated heterocycles. The monoisotopic (exact) mass is 272 g/mol. The summed E-state index contributed by atoms with van der Waals surface area (Å²) in [5.74, 6) is 0.200. The second kappa shape index (κ2) is 4.93. The van der Waals surface area contributed by atoms with E-state index in [0.29, 0.717) is 6.42 Å². The average Bonchev–Trinajstić information content (AvgIpc) is 2.42. The number of rotatable bonds is 2. The lowest BCUT2D eigenvalue weighted by atomic mass is 9.89. The van der Waals surface area contributed by atoms with Crippen molar-refractivity contribution in [3.8, 4) is 0 Å². The van der Waals surface area contributed by atoms with Gasteiger partial charge in [-0.05, 0) is 56.4 Å². The fourth-order valence-corrected chi connectivity index (χ4v) is 3.13. The first kappa shape index (κ1) is 13.2. The van der Waals surface area contributed by atoms with Gasteiger partial charge in [-0.15, -0.1) is 0 Å². The Bertz CT molecular complexity index is 561. The number of hydrogen-bond donors (Lipinski definition) is 1. The fraction of sp³-hybridized carbons (Fsp3) is 0.500. The Hall–Kier alpha value is -1.84. The van der Waals surface area contributed by atoms with Gasteiger partial charge in [-0.1, -0.05) is 0 Å². The van der Waals surface area contributed by atoms with Crippen LogP contribution in [0.15, 0.2) is 12.1 Å². The molecule has 0 bridgehead atoms. The van der Waals surface area contributed by atoms with Gasteiger partial charge >= 0.3 is 0 Å². The number of carbonyl (C=O) groups excluding carboxylic acids is 2. The number of amides is 2. The van der Waals surface area contributed by atoms with Crippen LogP contribution < -0.4 is 10.2 Å². The molecule has 2 heterocycles. The maximum Gasteiger partial charge on any atom is 0.251 e. The van der Waals surface area contributed by atoms with Crippen molar-refractivity contribution < 1.29 is 9.59 Å². The summed E-state index contributed by atoms with van der Waals surface area (Å²) in [6, 6.07) is 4.05. The molecule has 2 amide bonds. The zero-order valence-electron chi connectivity index (χ0n) is 12.0. The van der Waals surface area contributed by atoms with Gasteiger partial charge in [0.05, 0.1) is 5.69 Å². The van der Waals surface area contributed by atoms with Crippen LogP contribution in [0.2, 0.25) is 0 Å². The van der Waals surface area contributed by atoms with Crippen LogP contribution in [0.3, 0.4) is 0 Å². The zero-order valence-corrected chi connectivity index (χ0v) is 12.0. The van der Waals surface area contributed by atoms with Crippen molar-refractivity contribution in [1.82, 2.24) is 5.32 Å². The molecule has 2 aliphatic rings. The molecule has 2 aliphatic heterocycles. The van der Waals surface area contributed by atoms with Gasteiger partial charge in [-0.3, -0.25) is 9.59 Å². The first-order chi connectivity index (χ1) is 9.56. The standard InChI is InChI=1S/C16H20N2O2/c1-10(2)17-16(20)13-8-11-4-3-7-18-14(19)6-5-12(9-13)15(11)18/h8-10H,3-7H2,1-2H3,(H,17,20). The van der Waals surface area contributed by atoms with Crippen LogP contribution in [0.4, 0.5) is 5.69 Å². The van der Waals surface area contributed by atoms with Crippen LogP contribution in [0.25, 0.3) is 0 Å². The average molecular weight is 272 g/mol. The quantitative estimate of drug-likeness (QED) is 0.895. The molecule has 0 fully saturated rings. The Labute approximate surface area is 119 Å². The van der Waals surface area contributed by atoms with E-state index in [1.165, 1.54) is 0 Å². The van der Waals surface area contributed by atoms with Crippen molar-refractivity contribution in [3.63, 3.8) is 0 Å². The molecule has 106 valence electrons. The summed E-state index contributed by atoms with van der Waals surface area (Å²) in [6.45, 7) is 4.73. The maximum atomic E-state index is 12.2. The minimum atomic E-state index is -0.0203. The molecule has 0 aromatic heterocycles. The fourth-order valence-electron chi connectivity index (χ4n) is 3.13. The van der Waals surface area contributed by atoms with Crippen LogP contribution in [0.5, 0.6) is 0 Å². The number of aryl methyl sites for hydroxylation is 2. The van der Waals surface area contributed by atoms with Crippen LogP contribution in [-0.4, -0.2) is 24.4 Å². The molecule has 1 aromatic rings.